The zero-order valence-electron chi connectivity index (χ0n) is 14.7. The van der Waals surface area contributed by atoms with E-state index in [4.69, 9.17) is 18.0 Å². The first-order valence-electron chi connectivity index (χ1n) is 8.70. The largest absolute Gasteiger partial charge is 0.500 e. The van der Waals surface area contributed by atoms with Gasteiger partial charge >= 0.3 is 8.80 Å². The van der Waals surface area contributed by atoms with Gasteiger partial charge in [0, 0.05) is 32.5 Å². The predicted molar refractivity (Wildman–Crippen MR) is 92.3 cm³/mol. The van der Waals surface area contributed by atoms with Gasteiger partial charge in [-0.2, -0.15) is 0 Å². The third kappa shape index (κ3) is 8.09. The Labute approximate surface area is 142 Å². The molecule has 0 aromatic heterocycles. The third-order valence-corrected chi connectivity index (χ3v) is 8.65. The normalized spacial score (nSPS) is 20.9. The van der Waals surface area contributed by atoms with Crippen molar-refractivity contribution in [2.24, 2.45) is 0 Å². The number of sulfone groups is 1. The Bertz CT molecular complexity index is 397. The van der Waals surface area contributed by atoms with Gasteiger partial charge in [0.1, 0.15) is 0 Å². The van der Waals surface area contributed by atoms with Crippen molar-refractivity contribution < 1.29 is 26.4 Å². The SMILES string of the molecule is CCO[Si](CCCCCOC1CCS(=O)(=O)C1)(OCC)OCC. The van der Waals surface area contributed by atoms with Crippen LogP contribution in [0.25, 0.3) is 0 Å². The minimum absolute atomic E-state index is 0.108. The summed E-state index contributed by atoms with van der Waals surface area (Å²) >= 11 is 0. The van der Waals surface area contributed by atoms with Crippen molar-refractivity contribution in [3.05, 3.63) is 0 Å². The summed E-state index contributed by atoms with van der Waals surface area (Å²) in [5.41, 5.74) is 0. The molecule has 1 saturated heterocycles. The van der Waals surface area contributed by atoms with Gasteiger partial charge in [-0.25, -0.2) is 8.42 Å². The minimum Gasteiger partial charge on any atom is -0.377 e. The second kappa shape index (κ2) is 10.8. The molecule has 0 saturated carbocycles. The van der Waals surface area contributed by atoms with Gasteiger partial charge in [0.05, 0.1) is 17.6 Å². The summed E-state index contributed by atoms with van der Waals surface area (Å²) in [7, 11) is -5.37. The summed E-state index contributed by atoms with van der Waals surface area (Å²) in [5, 5.41) is 0. The molecule has 23 heavy (non-hydrogen) atoms. The highest BCUT2D eigenvalue weighted by molar-refractivity contribution is 7.91. The van der Waals surface area contributed by atoms with Crippen LogP contribution in [0.5, 0.6) is 0 Å². The zero-order chi connectivity index (χ0) is 17.2. The summed E-state index contributed by atoms with van der Waals surface area (Å²) in [6.45, 7) is 8.31. The van der Waals surface area contributed by atoms with Gasteiger partial charge in [-0.15, -0.1) is 0 Å². The number of hydrogen-bond donors (Lipinski definition) is 0. The molecule has 0 aliphatic carbocycles. The van der Waals surface area contributed by atoms with E-state index in [-0.39, 0.29) is 17.6 Å². The van der Waals surface area contributed by atoms with Gasteiger partial charge < -0.3 is 18.0 Å². The monoisotopic (exact) mass is 368 g/mol. The molecule has 0 N–H and O–H groups in total. The standard InChI is InChI=1S/C15H32O6SSi/c1-4-19-23(20-5-2,21-6-3)13-9-7-8-11-18-15-10-12-22(16,17)14-15/h15H,4-14H2,1-3H3. The van der Waals surface area contributed by atoms with Crippen LogP contribution in [0.2, 0.25) is 6.04 Å². The van der Waals surface area contributed by atoms with Crippen LogP contribution < -0.4 is 0 Å². The van der Waals surface area contributed by atoms with Gasteiger partial charge in [0.25, 0.3) is 0 Å². The highest BCUT2D eigenvalue weighted by Crippen LogP contribution is 2.20. The van der Waals surface area contributed by atoms with Gasteiger partial charge in [-0.05, 0) is 40.0 Å². The molecule has 8 heteroatoms. The van der Waals surface area contributed by atoms with Crippen LogP contribution >= 0.6 is 0 Å². The van der Waals surface area contributed by atoms with Crippen molar-refractivity contribution in [1.82, 2.24) is 0 Å². The van der Waals surface area contributed by atoms with Crippen LogP contribution in [0.15, 0.2) is 0 Å². The lowest BCUT2D eigenvalue weighted by molar-refractivity contribution is 0.0641. The number of hydrogen-bond acceptors (Lipinski definition) is 6. The molecule has 6 nitrogen and oxygen atoms in total. The number of unbranched alkanes of at least 4 members (excludes halogenated alkanes) is 2. The number of rotatable bonds is 13. The maximum Gasteiger partial charge on any atom is 0.500 e. The summed E-state index contributed by atoms with van der Waals surface area (Å²) < 4.78 is 45.8. The molecule has 1 aliphatic rings. The summed E-state index contributed by atoms with van der Waals surface area (Å²) in [5.74, 6) is 0.449. The minimum atomic E-state index is -2.85. The Hall–Kier alpha value is 0.00688. The molecule has 1 aliphatic heterocycles. The smallest absolute Gasteiger partial charge is 0.377 e. The summed E-state index contributed by atoms with van der Waals surface area (Å²) in [6.07, 6.45) is 3.42. The Morgan fingerprint density at radius 1 is 0.957 bits per heavy atom. The van der Waals surface area contributed by atoms with Crippen molar-refractivity contribution in [3.63, 3.8) is 0 Å². The van der Waals surface area contributed by atoms with Gasteiger partial charge in [-0.1, -0.05) is 6.42 Å². The second-order valence-electron chi connectivity index (χ2n) is 5.69. The highest BCUT2D eigenvalue weighted by Gasteiger charge is 2.39. The average molecular weight is 369 g/mol. The molecular formula is C15H32O6SSi. The van der Waals surface area contributed by atoms with Crippen molar-refractivity contribution in [3.8, 4) is 0 Å². The first kappa shape index (κ1) is 21.1. The fraction of sp³-hybridized carbons (Fsp3) is 1.00. The average Bonchev–Trinajstić information content (AvgIpc) is 2.83. The Kier molecular flexibility index (Phi) is 9.87. The van der Waals surface area contributed by atoms with Crippen molar-refractivity contribution in [2.75, 3.05) is 37.9 Å². The molecule has 0 bridgehead atoms. The lowest BCUT2D eigenvalue weighted by atomic mass is 10.2. The molecule has 0 radical (unpaired) electrons. The first-order chi connectivity index (χ1) is 11.0. The van der Waals surface area contributed by atoms with Crippen LogP contribution in [0.3, 0.4) is 0 Å². The van der Waals surface area contributed by atoms with Gasteiger partial charge in [0.15, 0.2) is 9.84 Å². The molecule has 0 spiro atoms. The van der Waals surface area contributed by atoms with E-state index in [1.807, 2.05) is 20.8 Å². The van der Waals surface area contributed by atoms with Crippen LogP contribution in [0.4, 0.5) is 0 Å². The molecule has 1 rings (SSSR count). The van der Waals surface area contributed by atoms with E-state index in [1.54, 1.807) is 0 Å². The molecule has 0 aromatic carbocycles. The second-order valence-corrected chi connectivity index (χ2v) is 10.6. The van der Waals surface area contributed by atoms with Crippen LogP contribution in [-0.2, 0) is 27.9 Å². The molecule has 1 heterocycles. The van der Waals surface area contributed by atoms with E-state index >= 15 is 0 Å². The molecule has 1 fully saturated rings. The van der Waals surface area contributed by atoms with Gasteiger partial charge in [-0.3, -0.25) is 0 Å². The molecular weight excluding hydrogens is 336 g/mol. The van der Waals surface area contributed by atoms with E-state index in [9.17, 15) is 8.42 Å². The molecule has 1 unspecified atom stereocenters. The maximum atomic E-state index is 11.4. The summed E-state index contributed by atoms with van der Waals surface area (Å²) in [6, 6.07) is 0.820. The fourth-order valence-electron chi connectivity index (χ4n) is 2.76. The van der Waals surface area contributed by atoms with E-state index in [0.717, 1.165) is 25.3 Å². The Morgan fingerprint density at radius 3 is 2.04 bits per heavy atom. The molecule has 0 aromatic rings. The quantitative estimate of drug-likeness (QED) is 0.367. The van der Waals surface area contributed by atoms with E-state index in [2.05, 4.69) is 0 Å². The lowest BCUT2D eigenvalue weighted by Crippen LogP contribution is -2.45. The zero-order valence-corrected chi connectivity index (χ0v) is 16.5. The van der Waals surface area contributed by atoms with Gasteiger partial charge in [0.2, 0.25) is 0 Å². The molecule has 138 valence electrons. The van der Waals surface area contributed by atoms with Crippen LogP contribution in [0.1, 0.15) is 46.5 Å². The Balaban J connectivity index is 2.20. The lowest BCUT2D eigenvalue weighted by Gasteiger charge is -2.28. The molecule has 1 atom stereocenters. The topological polar surface area (TPSA) is 71.1 Å². The third-order valence-electron chi connectivity index (χ3n) is 3.76. The number of ether oxygens (including phenoxy) is 1. The maximum absolute atomic E-state index is 11.4. The van der Waals surface area contributed by atoms with E-state index < -0.39 is 18.6 Å². The predicted octanol–water partition coefficient (Wildman–Crippen LogP) is 2.41. The first-order valence-corrected chi connectivity index (χ1v) is 12.5. The van der Waals surface area contributed by atoms with Crippen LogP contribution in [0, 0.1) is 0 Å². The molecule has 0 amide bonds. The fourth-order valence-corrected chi connectivity index (χ4v) is 7.07. The highest BCUT2D eigenvalue weighted by atomic mass is 32.2. The van der Waals surface area contributed by atoms with E-state index in [0.29, 0.717) is 32.8 Å². The van der Waals surface area contributed by atoms with Crippen molar-refractivity contribution in [1.29, 1.82) is 0 Å². The van der Waals surface area contributed by atoms with Crippen molar-refractivity contribution in [2.45, 2.75) is 58.6 Å². The van der Waals surface area contributed by atoms with E-state index in [1.165, 1.54) is 0 Å². The summed E-state index contributed by atoms with van der Waals surface area (Å²) in [4.78, 5) is 0. The van der Waals surface area contributed by atoms with Crippen molar-refractivity contribution >= 4 is 18.6 Å². The Morgan fingerprint density at radius 2 is 1.57 bits per heavy atom. The van der Waals surface area contributed by atoms with Crippen LogP contribution in [-0.4, -0.2) is 61.3 Å².